The summed E-state index contributed by atoms with van der Waals surface area (Å²) in [6.07, 6.45) is 5.72. The molecule has 1 aromatic carbocycles. The number of aryl methyl sites for hydroxylation is 2. The number of nitrogens with zero attached hydrogens (tertiary/aromatic N) is 2. The number of oxazole rings is 1. The van der Waals surface area contributed by atoms with Crippen molar-refractivity contribution in [2.45, 2.75) is 25.8 Å². The van der Waals surface area contributed by atoms with Gasteiger partial charge in [-0.3, -0.25) is 4.79 Å². The lowest BCUT2D eigenvalue weighted by Gasteiger charge is -2.12. The number of halogens is 2. The van der Waals surface area contributed by atoms with Crippen molar-refractivity contribution in [1.29, 1.82) is 0 Å². The third-order valence-electron chi connectivity index (χ3n) is 4.05. The fraction of sp³-hybridized carbons (Fsp3) is 0.263. The van der Waals surface area contributed by atoms with E-state index < -0.39 is 11.6 Å². The standard InChI is InChI=1S/C19H19F2N3O2/c1-12(13-7-8-24(2)11-13)23-18(25)5-6-19-22-10-17(26-19)15-4-3-14(20)9-16(15)21/h3-4,7-12H,5-6H2,1-2H3,(H,23,25). The number of carbonyl (C=O) groups excluding carboxylic acids is 1. The molecular formula is C19H19F2N3O2. The Kier molecular flexibility index (Phi) is 5.16. The van der Waals surface area contributed by atoms with Gasteiger partial charge in [0.15, 0.2) is 11.7 Å². The van der Waals surface area contributed by atoms with Crippen molar-refractivity contribution in [2.75, 3.05) is 0 Å². The second kappa shape index (κ2) is 7.51. The fourth-order valence-corrected chi connectivity index (χ4v) is 2.64. The van der Waals surface area contributed by atoms with E-state index in [1.165, 1.54) is 12.3 Å². The van der Waals surface area contributed by atoms with Crippen molar-refractivity contribution < 1.29 is 18.0 Å². The molecule has 3 aromatic rings. The molecule has 0 saturated heterocycles. The summed E-state index contributed by atoms with van der Waals surface area (Å²) < 4.78 is 34.1. The molecule has 136 valence electrons. The maximum absolute atomic E-state index is 13.8. The Morgan fingerprint density at radius 1 is 1.35 bits per heavy atom. The molecule has 2 heterocycles. The highest BCUT2D eigenvalue weighted by Gasteiger charge is 2.14. The molecule has 2 aromatic heterocycles. The van der Waals surface area contributed by atoms with Gasteiger partial charge in [-0.1, -0.05) is 0 Å². The van der Waals surface area contributed by atoms with Crippen LogP contribution in [-0.2, 0) is 18.3 Å². The van der Waals surface area contributed by atoms with E-state index in [4.69, 9.17) is 4.42 Å². The largest absolute Gasteiger partial charge is 0.441 e. The zero-order valence-electron chi connectivity index (χ0n) is 14.5. The molecule has 1 N–H and O–H groups in total. The van der Waals surface area contributed by atoms with Crippen LogP contribution in [0.15, 0.2) is 47.3 Å². The van der Waals surface area contributed by atoms with Gasteiger partial charge in [0, 0.05) is 38.3 Å². The molecule has 0 aliphatic rings. The molecule has 0 spiro atoms. The number of hydrogen-bond acceptors (Lipinski definition) is 3. The molecule has 0 radical (unpaired) electrons. The number of hydrogen-bond donors (Lipinski definition) is 1. The summed E-state index contributed by atoms with van der Waals surface area (Å²) in [7, 11) is 1.92. The van der Waals surface area contributed by atoms with Gasteiger partial charge in [-0.05, 0) is 30.7 Å². The van der Waals surface area contributed by atoms with Crippen molar-refractivity contribution in [1.82, 2.24) is 14.9 Å². The molecule has 1 atom stereocenters. The van der Waals surface area contributed by atoms with Crippen LogP contribution < -0.4 is 5.32 Å². The van der Waals surface area contributed by atoms with Crippen LogP contribution in [0.3, 0.4) is 0 Å². The Bertz CT molecular complexity index is 917. The van der Waals surface area contributed by atoms with Crippen LogP contribution in [0.5, 0.6) is 0 Å². The second-order valence-corrected chi connectivity index (χ2v) is 6.14. The van der Waals surface area contributed by atoms with Crippen LogP contribution in [0.25, 0.3) is 11.3 Å². The molecule has 0 fully saturated rings. The zero-order chi connectivity index (χ0) is 18.7. The van der Waals surface area contributed by atoms with Gasteiger partial charge in [-0.2, -0.15) is 0 Å². The van der Waals surface area contributed by atoms with E-state index in [9.17, 15) is 13.6 Å². The molecular weight excluding hydrogens is 340 g/mol. The van der Waals surface area contributed by atoms with E-state index in [2.05, 4.69) is 10.3 Å². The molecule has 1 amide bonds. The normalized spacial score (nSPS) is 12.2. The summed E-state index contributed by atoms with van der Waals surface area (Å²) in [6, 6.07) is 5.08. The summed E-state index contributed by atoms with van der Waals surface area (Å²) in [5.41, 5.74) is 1.15. The Hall–Kier alpha value is -2.96. The summed E-state index contributed by atoms with van der Waals surface area (Å²) in [5.74, 6) is -0.979. The van der Waals surface area contributed by atoms with E-state index in [1.54, 1.807) is 0 Å². The van der Waals surface area contributed by atoms with Crippen molar-refractivity contribution >= 4 is 5.91 Å². The lowest BCUT2D eigenvalue weighted by Crippen LogP contribution is -2.26. The van der Waals surface area contributed by atoms with Gasteiger partial charge in [-0.15, -0.1) is 0 Å². The maximum atomic E-state index is 13.8. The Balaban J connectivity index is 1.57. The molecule has 0 aliphatic carbocycles. The van der Waals surface area contributed by atoms with Crippen LogP contribution in [0.4, 0.5) is 8.78 Å². The highest BCUT2D eigenvalue weighted by Crippen LogP contribution is 2.24. The Morgan fingerprint density at radius 3 is 2.85 bits per heavy atom. The van der Waals surface area contributed by atoms with E-state index in [0.29, 0.717) is 5.89 Å². The lowest BCUT2D eigenvalue weighted by atomic mass is 10.1. The predicted molar refractivity (Wildman–Crippen MR) is 92.1 cm³/mol. The lowest BCUT2D eigenvalue weighted by molar-refractivity contribution is -0.121. The van der Waals surface area contributed by atoms with Crippen molar-refractivity contribution in [3.8, 4) is 11.3 Å². The Morgan fingerprint density at radius 2 is 2.15 bits per heavy atom. The number of amides is 1. The first-order valence-electron chi connectivity index (χ1n) is 8.23. The van der Waals surface area contributed by atoms with Crippen LogP contribution in [0, 0.1) is 11.6 Å². The molecule has 0 aliphatic heterocycles. The third kappa shape index (κ3) is 4.17. The first kappa shape index (κ1) is 17.8. The van der Waals surface area contributed by atoms with Gasteiger partial charge in [0.05, 0.1) is 17.8 Å². The molecule has 5 nitrogen and oxygen atoms in total. The van der Waals surface area contributed by atoms with Crippen molar-refractivity contribution in [3.05, 3.63) is 65.9 Å². The first-order valence-corrected chi connectivity index (χ1v) is 8.23. The van der Waals surface area contributed by atoms with E-state index in [-0.39, 0.29) is 36.1 Å². The van der Waals surface area contributed by atoms with Gasteiger partial charge in [-0.25, -0.2) is 13.8 Å². The molecule has 3 rings (SSSR count). The molecule has 0 saturated carbocycles. The van der Waals surface area contributed by atoms with E-state index >= 15 is 0 Å². The van der Waals surface area contributed by atoms with Gasteiger partial charge in [0.1, 0.15) is 11.6 Å². The minimum atomic E-state index is -0.720. The SMILES string of the molecule is CC(NC(=O)CCc1ncc(-c2ccc(F)cc2F)o1)c1ccn(C)c1. The molecule has 7 heteroatoms. The first-order chi connectivity index (χ1) is 12.4. The molecule has 0 bridgehead atoms. The summed E-state index contributed by atoms with van der Waals surface area (Å²) in [4.78, 5) is 16.1. The highest BCUT2D eigenvalue weighted by molar-refractivity contribution is 5.76. The van der Waals surface area contributed by atoms with Crippen LogP contribution in [-0.4, -0.2) is 15.5 Å². The van der Waals surface area contributed by atoms with Crippen LogP contribution >= 0.6 is 0 Å². The van der Waals surface area contributed by atoms with Gasteiger partial charge < -0.3 is 14.3 Å². The number of carbonyl (C=O) groups is 1. The monoisotopic (exact) mass is 359 g/mol. The zero-order valence-corrected chi connectivity index (χ0v) is 14.5. The summed E-state index contributed by atoms with van der Waals surface area (Å²) in [5, 5.41) is 2.91. The molecule has 1 unspecified atom stereocenters. The third-order valence-corrected chi connectivity index (χ3v) is 4.05. The second-order valence-electron chi connectivity index (χ2n) is 6.14. The summed E-state index contributed by atoms with van der Waals surface area (Å²) in [6.45, 7) is 1.91. The number of benzene rings is 1. The topological polar surface area (TPSA) is 60.1 Å². The Labute approximate surface area is 149 Å². The maximum Gasteiger partial charge on any atom is 0.220 e. The van der Waals surface area contributed by atoms with E-state index in [1.807, 2.05) is 37.0 Å². The van der Waals surface area contributed by atoms with Gasteiger partial charge >= 0.3 is 0 Å². The fourth-order valence-electron chi connectivity index (χ4n) is 2.64. The average Bonchev–Trinajstić information content (AvgIpc) is 3.22. The summed E-state index contributed by atoms with van der Waals surface area (Å²) >= 11 is 0. The number of nitrogens with one attached hydrogen (secondary N) is 1. The highest BCUT2D eigenvalue weighted by atomic mass is 19.1. The van der Waals surface area contributed by atoms with Crippen LogP contribution in [0.2, 0.25) is 0 Å². The predicted octanol–water partition coefficient (Wildman–Crippen LogP) is 3.77. The minimum absolute atomic E-state index is 0.0999. The molecule has 26 heavy (non-hydrogen) atoms. The quantitative estimate of drug-likeness (QED) is 0.729. The van der Waals surface area contributed by atoms with Gasteiger partial charge in [0.25, 0.3) is 0 Å². The van der Waals surface area contributed by atoms with Crippen molar-refractivity contribution in [3.63, 3.8) is 0 Å². The smallest absolute Gasteiger partial charge is 0.220 e. The van der Waals surface area contributed by atoms with Crippen molar-refractivity contribution in [2.24, 2.45) is 7.05 Å². The minimum Gasteiger partial charge on any atom is -0.441 e. The average molecular weight is 359 g/mol. The van der Waals surface area contributed by atoms with Crippen LogP contribution in [0.1, 0.15) is 30.8 Å². The van der Waals surface area contributed by atoms with Gasteiger partial charge in [0.2, 0.25) is 5.91 Å². The number of rotatable bonds is 6. The number of aromatic nitrogens is 2. The van der Waals surface area contributed by atoms with E-state index in [0.717, 1.165) is 17.7 Å².